The van der Waals surface area contributed by atoms with Crippen LogP contribution in [0.2, 0.25) is 0 Å². The second kappa shape index (κ2) is 12.9. The molecule has 4 N–H and O–H groups in total. The molecule has 0 spiro atoms. The zero-order chi connectivity index (χ0) is 25.1. The first-order valence-corrected chi connectivity index (χ1v) is 10.8. The van der Waals surface area contributed by atoms with E-state index in [0.717, 1.165) is 11.1 Å². The summed E-state index contributed by atoms with van der Waals surface area (Å²) in [6, 6.07) is 14.0. The number of hydrogen-bond acceptors (Lipinski definition) is 5. The molecule has 0 unspecified atom stereocenters. The van der Waals surface area contributed by atoms with Gasteiger partial charge < -0.3 is 15.8 Å². The molecule has 2 aromatic carbocycles. The second-order valence-electron chi connectivity index (χ2n) is 7.16. The summed E-state index contributed by atoms with van der Waals surface area (Å²) in [5.41, 5.74) is 8.77. The Bertz CT molecular complexity index is 1170. The quantitative estimate of drug-likeness (QED) is 0.329. The molecule has 1 aromatic heterocycles. The van der Waals surface area contributed by atoms with Crippen LogP contribution in [0.3, 0.4) is 0 Å². The Morgan fingerprint density at radius 2 is 1.82 bits per heavy atom. The molecule has 1 amide bonds. The van der Waals surface area contributed by atoms with Crippen LogP contribution in [0.15, 0.2) is 48.7 Å². The Morgan fingerprint density at radius 1 is 1.18 bits per heavy atom. The first-order valence-electron chi connectivity index (χ1n) is 10.8. The van der Waals surface area contributed by atoms with Crippen LogP contribution in [-0.4, -0.2) is 28.6 Å². The van der Waals surface area contributed by atoms with E-state index in [1.165, 1.54) is 25.4 Å². The summed E-state index contributed by atoms with van der Waals surface area (Å²) in [6.07, 6.45) is 1.83. The smallest absolute Gasteiger partial charge is 0.255 e. The number of amidine groups is 1. The summed E-state index contributed by atoms with van der Waals surface area (Å²) in [7, 11) is 1.54. The lowest BCUT2D eigenvalue weighted by molar-refractivity contribution is 0.0945. The van der Waals surface area contributed by atoms with E-state index in [9.17, 15) is 9.18 Å². The zero-order valence-electron chi connectivity index (χ0n) is 19.6. The van der Waals surface area contributed by atoms with Gasteiger partial charge >= 0.3 is 0 Å². The van der Waals surface area contributed by atoms with Crippen molar-refractivity contribution < 1.29 is 13.9 Å². The summed E-state index contributed by atoms with van der Waals surface area (Å²) in [4.78, 5) is 12.8. The Balaban J connectivity index is 0.00000199. The van der Waals surface area contributed by atoms with Crippen molar-refractivity contribution in [1.82, 2.24) is 15.1 Å². The molecule has 0 saturated carbocycles. The van der Waals surface area contributed by atoms with Crippen LogP contribution in [0.1, 0.15) is 52.2 Å². The maximum atomic E-state index is 14.0. The van der Waals surface area contributed by atoms with Gasteiger partial charge in [0.05, 0.1) is 48.7 Å². The summed E-state index contributed by atoms with van der Waals surface area (Å²) >= 11 is 0. The molecule has 34 heavy (non-hydrogen) atoms. The molecule has 0 radical (unpaired) electrons. The van der Waals surface area contributed by atoms with E-state index in [4.69, 9.17) is 21.1 Å². The summed E-state index contributed by atoms with van der Waals surface area (Å²) < 4.78 is 21.0. The van der Waals surface area contributed by atoms with E-state index in [1.54, 1.807) is 10.7 Å². The maximum absolute atomic E-state index is 14.0. The summed E-state index contributed by atoms with van der Waals surface area (Å²) in [6.45, 7) is 4.74. The molecule has 0 aliphatic rings. The van der Waals surface area contributed by atoms with Gasteiger partial charge in [0.25, 0.3) is 5.91 Å². The number of nitrogens with one attached hydrogen (secondary N) is 2. The number of rotatable bonds is 9. The van der Waals surface area contributed by atoms with Gasteiger partial charge in [-0.05, 0) is 28.8 Å². The minimum Gasteiger partial charge on any atom is -0.384 e. The number of nitrogens with zero attached hydrogens (tertiary/aromatic N) is 3. The number of nitrogens with two attached hydrogens (primary N) is 1. The number of carbonyl (C=O) groups is 1. The molecule has 9 heteroatoms. The van der Waals surface area contributed by atoms with E-state index < -0.39 is 5.82 Å². The Morgan fingerprint density at radius 3 is 2.41 bits per heavy atom. The molecule has 3 aromatic rings. The largest absolute Gasteiger partial charge is 0.384 e. The molecule has 0 aliphatic carbocycles. The molecule has 0 aliphatic heterocycles. The van der Waals surface area contributed by atoms with Gasteiger partial charge in [0, 0.05) is 13.7 Å². The predicted octanol–water partition coefficient (Wildman–Crippen LogP) is 3.52. The topological polar surface area (TPSA) is 130 Å². The average Bonchev–Trinajstić information content (AvgIpc) is 3.22. The molecular weight excluding hydrogens is 435 g/mol. The number of halogens is 1. The number of ether oxygens (including phenoxy) is 1. The van der Waals surface area contributed by atoms with Gasteiger partial charge in [0.15, 0.2) is 0 Å². The monoisotopic (exact) mass is 464 g/mol. The number of nitrogen functional groups attached to an aromatic ring is 1. The highest BCUT2D eigenvalue weighted by atomic mass is 19.1. The van der Waals surface area contributed by atoms with E-state index in [-0.39, 0.29) is 30.5 Å². The van der Waals surface area contributed by atoms with Crippen molar-refractivity contribution in [2.45, 2.75) is 40.0 Å². The third kappa shape index (κ3) is 6.73. The van der Waals surface area contributed by atoms with Crippen molar-refractivity contribution in [3.05, 3.63) is 88.0 Å². The number of carbonyl (C=O) groups excluding carboxylic acids is 1. The lowest BCUT2D eigenvalue weighted by Crippen LogP contribution is -2.24. The SMILES string of the molecule is CC.COCc1c(C(=O)NCc2ccc(C(=N)N)c(F)c2)cnn1Cc1ccc(CC#N)cc1. The second-order valence-corrected chi connectivity index (χ2v) is 7.16. The number of aromatic nitrogens is 2. The van der Waals surface area contributed by atoms with Crippen molar-refractivity contribution in [2.24, 2.45) is 5.73 Å². The summed E-state index contributed by atoms with van der Waals surface area (Å²) in [5.74, 6) is -1.32. The van der Waals surface area contributed by atoms with Crippen LogP contribution in [0, 0.1) is 22.6 Å². The number of hydrogen-bond donors (Lipinski definition) is 3. The minimum atomic E-state index is -0.613. The average molecular weight is 465 g/mol. The highest BCUT2D eigenvalue weighted by molar-refractivity contribution is 5.96. The van der Waals surface area contributed by atoms with E-state index in [2.05, 4.69) is 16.5 Å². The van der Waals surface area contributed by atoms with Crippen molar-refractivity contribution in [3.8, 4) is 6.07 Å². The highest BCUT2D eigenvalue weighted by Gasteiger charge is 2.18. The van der Waals surface area contributed by atoms with Crippen LogP contribution in [-0.2, 0) is 30.9 Å². The molecule has 8 nitrogen and oxygen atoms in total. The predicted molar refractivity (Wildman–Crippen MR) is 128 cm³/mol. The normalized spacial score (nSPS) is 10.1. The van der Waals surface area contributed by atoms with Crippen LogP contribution in [0.25, 0.3) is 0 Å². The lowest BCUT2D eigenvalue weighted by Gasteiger charge is -2.10. The van der Waals surface area contributed by atoms with Gasteiger partial charge in [-0.15, -0.1) is 0 Å². The number of amides is 1. The highest BCUT2D eigenvalue weighted by Crippen LogP contribution is 2.15. The van der Waals surface area contributed by atoms with Gasteiger partial charge in [-0.25, -0.2) is 4.39 Å². The lowest BCUT2D eigenvalue weighted by atomic mass is 10.1. The van der Waals surface area contributed by atoms with Crippen molar-refractivity contribution >= 4 is 11.7 Å². The van der Waals surface area contributed by atoms with E-state index in [0.29, 0.717) is 29.8 Å². The zero-order valence-corrected chi connectivity index (χ0v) is 19.6. The van der Waals surface area contributed by atoms with Crippen LogP contribution < -0.4 is 11.1 Å². The maximum Gasteiger partial charge on any atom is 0.255 e. The fraction of sp³-hybridized carbons (Fsp3) is 0.280. The number of nitriles is 1. The van der Waals surface area contributed by atoms with Crippen molar-refractivity contribution in [1.29, 1.82) is 10.7 Å². The minimum absolute atomic E-state index is 0.0180. The Kier molecular flexibility index (Phi) is 9.92. The molecule has 0 atom stereocenters. The fourth-order valence-corrected chi connectivity index (χ4v) is 3.22. The third-order valence-corrected chi connectivity index (χ3v) is 4.89. The number of methoxy groups -OCH3 is 1. The van der Waals surface area contributed by atoms with Crippen LogP contribution in [0.4, 0.5) is 4.39 Å². The van der Waals surface area contributed by atoms with Crippen LogP contribution in [0.5, 0.6) is 0 Å². The molecule has 1 heterocycles. The molecule has 0 saturated heterocycles. The third-order valence-electron chi connectivity index (χ3n) is 4.89. The molecule has 0 fully saturated rings. The van der Waals surface area contributed by atoms with Gasteiger partial charge in [0.2, 0.25) is 0 Å². The van der Waals surface area contributed by atoms with E-state index >= 15 is 0 Å². The molecule has 0 bridgehead atoms. The molecule has 3 rings (SSSR count). The van der Waals surface area contributed by atoms with Gasteiger partial charge in [-0.1, -0.05) is 44.2 Å². The van der Waals surface area contributed by atoms with E-state index in [1.807, 2.05) is 38.1 Å². The molecule has 178 valence electrons. The first-order chi connectivity index (χ1) is 16.4. The first kappa shape index (κ1) is 26.2. The fourth-order valence-electron chi connectivity index (χ4n) is 3.22. The van der Waals surface area contributed by atoms with Gasteiger partial charge in [-0.3, -0.25) is 14.9 Å². The Hall–Kier alpha value is -4.03. The van der Waals surface area contributed by atoms with Crippen molar-refractivity contribution in [3.63, 3.8) is 0 Å². The van der Waals surface area contributed by atoms with Crippen molar-refractivity contribution in [2.75, 3.05) is 7.11 Å². The summed E-state index contributed by atoms with van der Waals surface area (Å²) in [5, 5.41) is 23.2. The molecular formula is C25H29FN6O2. The Labute approximate surface area is 198 Å². The standard InChI is InChI=1S/C23H23FN6O2.C2H6/c1-32-14-21-19(12-29-30(21)13-16-4-2-15(3-5-16)8-9-25)23(31)28-11-17-6-7-18(22(26)27)20(24)10-17;1-2/h2-7,10,12H,8,11,13-14H2,1H3,(H3,26,27)(H,28,31);1-2H3. The van der Waals surface area contributed by atoms with Crippen LogP contribution >= 0.6 is 0 Å². The van der Waals surface area contributed by atoms with Gasteiger partial charge in [-0.2, -0.15) is 10.4 Å². The van der Waals surface area contributed by atoms with Gasteiger partial charge in [0.1, 0.15) is 11.7 Å². The number of benzene rings is 2.